The Bertz CT molecular complexity index is 1600. The highest BCUT2D eigenvalue weighted by atomic mass is 32.2. The third-order valence-electron chi connectivity index (χ3n) is 8.84. The number of carbonyl (C=O) groups is 3. The molecule has 0 amide bonds. The second kappa shape index (κ2) is 44.0. The summed E-state index contributed by atoms with van der Waals surface area (Å²) in [6.07, 6.45) is 50.0. The third-order valence-corrected chi connectivity index (χ3v) is 11.2. The first kappa shape index (κ1) is 61.1. The van der Waals surface area contributed by atoms with E-state index in [0.29, 0.717) is 12.8 Å². The number of aliphatic hydroxyl groups is 1. The van der Waals surface area contributed by atoms with Crippen LogP contribution in [-0.2, 0) is 37.5 Å². The molecule has 0 spiro atoms. The van der Waals surface area contributed by atoms with Crippen LogP contribution in [0.25, 0.3) is 0 Å². The molecule has 0 bridgehead atoms. The number of ether oxygens (including phenoxy) is 2. The van der Waals surface area contributed by atoms with Crippen molar-refractivity contribution in [3.63, 3.8) is 0 Å². The molecule has 0 saturated carbocycles. The number of carboxylic acids is 1. The minimum Gasteiger partial charge on any atom is -0.481 e. The Hall–Kier alpha value is -3.85. The van der Waals surface area contributed by atoms with Gasteiger partial charge < -0.3 is 36.0 Å². The number of hydrogen-bond acceptors (Lipinski definition) is 12. The molecule has 0 aliphatic rings. The van der Waals surface area contributed by atoms with Crippen LogP contribution in [0.1, 0.15) is 117 Å². The summed E-state index contributed by atoms with van der Waals surface area (Å²) in [5, 5.41) is 19.4. The van der Waals surface area contributed by atoms with E-state index in [1.165, 1.54) is 31.0 Å². The highest BCUT2D eigenvalue weighted by Crippen LogP contribution is 2.43. The number of phosphoric acid groups is 1. The molecule has 13 nitrogen and oxygen atoms in total. The number of esters is 2. The largest absolute Gasteiger partial charge is 0.481 e. The number of nitrogens with two attached hydrogens (primary N) is 2. The van der Waals surface area contributed by atoms with Gasteiger partial charge in [0.05, 0.1) is 19.3 Å². The first-order valence-electron chi connectivity index (χ1n) is 23.0. The summed E-state index contributed by atoms with van der Waals surface area (Å²) >= 11 is 1.20. The maximum absolute atomic E-state index is 13.0. The van der Waals surface area contributed by atoms with Gasteiger partial charge in [0, 0.05) is 30.4 Å². The summed E-state index contributed by atoms with van der Waals surface area (Å²) in [5.74, 6) is -2.41. The molecule has 0 rings (SSSR count). The maximum atomic E-state index is 13.0. The van der Waals surface area contributed by atoms with E-state index in [0.717, 1.165) is 44.9 Å². The number of carbonyl (C=O) groups excluding carboxylic acids is 2. The van der Waals surface area contributed by atoms with E-state index in [1.807, 2.05) is 42.5 Å². The van der Waals surface area contributed by atoms with E-state index in [1.54, 1.807) is 12.2 Å². The van der Waals surface area contributed by atoms with Gasteiger partial charge in [-0.25, -0.2) is 4.57 Å². The molecule has 0 saturated heterocycles. The van der Waals surface area contributed by atoms with Gasteiger partial charge in [0.2, 0.25) is 0 Å². The Morgan fingerprint density at radius 1 is 0.692 bits per heavy atom. The van der Waals surface area contributed by atoms with Crippen molar-refractivity contribution in [2.75, 3.05) is 32.1 Å². The fourth-order valence-electron chi connectivity index (χ4n) is 5.33. The van der Waals surface area contributed by atoms with Crippen LogP contribution in [0, 0.1) is 0 Å². The van der Waals surface area contributed by atoms with Crippen molar-refractivity contribution >= 4 is 37.5 Å². The molecule has 0 fully saturated rings. The Balaban J connectivity index is 5.14. The van der Waals surface area contributed by atoms with Gasteiger partial charge in [-0.05, 0) is 77.0 Å². The summed E-state index contributed by atoms with van der Waals surface area (Å²) in [5.41, 5.74) is 11.5. The van der Waals surface area contributed by atoms with Crippen molar-refractivity contribution in [2.24, 2.45) is 11.5 Å². The van der Waals surface area contributed by atoms with E-state index in [4.69, 9.17) is 35.1 Å². The molecule has 366 valence electrons. The number of aliphatic hydroxyl groups excluding tert-OH is 1. The summed E-state index contributed by atoms with van der Waals surface area (Å²) in [6.45, 7) is 2.89. The smallest absolute Gasteiger partial charge is 0.472 e. The van der Waals surface area contributed by atoms with E-state index in [9.17, 15) is 28.9 Å². The summed E-state index contributed by atoms with van der Waals surface area (Å²) in [6, 6.07) is -1.15. The zero-order chi connectivity index (χ0) is 48.1. The number of aliphatic carboxylic acids is 1. The monoisotopic (exact) mass is 947 g/mol. The highest BCUT2D eigenvalue weighted by molar-refractivity contribution is 8.00. The average molecular weight is 947 g/mol. The van der Waals surface area contributed by atoms with E-state index in [2.05, 4.69) is 80.7 Å². The van der Waals surface area contributed by atoms with E-state index >= 15 is 0 Å². The standard InChI is InChI=1S/C50H79N2O11PS/c1-3-5-7-9-11-13-15-17-18-19-20-21-22-23-25-27-29-31-33-38-49(56)63-44(42-62-64(58,59)61-40-39-51)41-60-50(57)45(52)43-65-47(46(53)35-34-37-48(54)55)36-32-30-28-26-24-16-14-12-10-8-6-4-2/h5,7,11-14,17-18,20-21,23-26,28-32,36,44-47,53H,3-4,6,8-10,15-16,19,22,27,33-35,37-43,51-52H2,1-2H3,(H,54,55)(H,58,59)/b7-5-,13-11-,14-12-,18-17-,21-20-,25-23-,26-24-,30-28+,31-29-,36-32+/t44-,45+,46+,47-/m1/s1. The Labute approximate surface area is 393 Å². The fourth-order valence-corrected chi connectivity index (χ4v) is 7.23. The van der Waals surface area contributed by atoms with Gasteiger partial charge in [-0.3, -0.25) is 23.4 Å². The zero-order valence-electron chi connectivity index (χ0n) is 38.8. The fraction of sp³-hybridized carbons (Fsp3) is 0.540. The van der Waals surface area contributed by atoms with Crippen molar-refractivity contribution in [1.82, 2.24) is 0 Å². The molecular weight excluding hydrogens is 868 g/mol. The highest BCUT2D eigenvalue weighted by Gasteiger charge is 2.27. The lowest BCUT2D eigenvalue weighted by molar-refractivity contribution is -0.161. The van der Waals surface area contributed by atoms with E-state index < -0.39 is 62.4 Å². The normalized spacial score (nSPS) is 15.7. The van der Waals surface area contributed by atoms with E-state index in [-0.39, 0.29) is 44.6 Å². The van der Waals surface area contributed by atoms with Crippen LogP contribution < -0.4 is 11.5 Å². The molecule has 5 atom stereocenters. The lowest BCUT2D eigenvalue weighted by Crippen LogP contribution is -2.38. The topological polar surface area (TPSA) is 218 Å². The molecular formula is C50H79N2O11PS. The molecule has 7 N–H and O–H groups in total. The predicted molar refractivity (Wildman–Crippen MR) is 266 cm³/mol. The van der Waals surface area contributed by atoms with Crippen molar-refractivity contribution in [1.29, 1.82) is 0 Å². The van der Waals surface area contributed by atoms with Crippen molar-refractivity contribution in [3.8, 4) is 0 Å². The minimum absolute atomic E-state index is 0.00502. The van der Waals surface area contributed by atoms with Crippen LogP contribution in [-0.4, -0.2) is 88.6 Å². The first-order chi connectivity index (χ1) is 31.4. The van der Waals surface area contributed by atoms with Crippen LogP contribution in [0.3, 0.4) is 0 Å². The molecule has 0 aliphatic carbocycles. The Morgan fingerprint density at radius 2 is 1.26 bits per heavy atom. The SMILES string of the molecule is CC/C=C\C/C=C\C/C=C\C/C=C\C/C=C\C/C=C\CCC(=O)O[C@H](COC(=O)[C@@H](N)CS[C@H](/C=C/C=C/C=C\C/C=C\CCCCC)[C@@H](O)CCCC(=O)O)COP(=O)(O)OCCN. The maximum Gasteiger partial charge on any atom is 0.472 e. The van der Waals surface area contributed by atoms with Gasteiger partial charge in [0.25, 0.3) is 0 Å². The molecule has 1 unspecified atom stereocenters. The molecule has 15 heteroatoms. The predicted octanol–water partition coefficient (Wildman–Crippen LogP) is 10.3. The molecule has 0 aromatic heterocycles. The number of carboxylic acid groups (broad SMARTS) is 1. The van der Waals surface area contributed by atoms with Gasteiger partial charge in [-0.15, -0.1) is 11.8 Å². The minimum atomic E-state index is -4.54. The molecule has 65 heavy (non-hydrogen) atoms. The lowest BCUT2D eigenvalue weighted by atomic mass is 10.1. The number of allylic oxidation sites excluding steroid dienone is 19. The summed E-state index contributed by atoms with van der Waals surface area (Å²) in [4.78, 5) is 46.7. The van der Waals surface area contributed by atoms with Gasteiger partial charge in [-0.2, -0.15) is 0 Å². The lowest BCUT2D eigenvalue weighted by Gasteiger charge is -2.22. The second-order valence-corrected chi connectivity index (χ2v) is 17.4. The number of thioether (sulfide) groups is 1. The summed E-state index contributed by atoms with van der Waals surface area (Å²) in [7, 11) is -4.54. The molecule has 0 aliphatic heterocycles. The van der Waals surface area contributed by atoms with Crippen LogP contribution in [0.2, 0.25) is 0 Å². The van der Waals surface area contributed by atoms with Crippen molar-refractivity contribution in [2.45, 2.75) is 140 Å². The van der Waals surface area contributed by atoms with Crippen LogP contribution >= 0.6 is 19.6 Å². The molecule has 0 heterocycles. The number of phosphoric ester groups is 1. The third kappa shape index (κ3) is 41.3. The molecule has 0 aromatic rings. The quantitative estimate of drug-likeness (QED) is 0.0127. The van der Waals surface area contributed by atoms with Crippen LogP contribution in [0.15, 0.2) is 122 Å². The van der Waals surface area contributed by atoms with Crippen LogP contribution in [0.5, 0.6) is 0 Å². The molecule has 0 radical (unpaired) electrons. The zero-order valence-corrected chi connectivity index (χ0v) is 40.5. The summed E-state index contributed by atoms with van der Waals surface area (Å²) < 4.78 is 32.8. The van der Waals surface area contributed by atoms with Gasteiger partial charge in [0.1, 0.15) is 12.6 Å². The van der Waals surface area contributed by atoms with Crippen molar-refractivity contribution in [3.05, 3.63) is 122 Å². The second-order valence-electron chi connectivity index (χ2n) is 14.7. The number of rotatable bonds is 41. The Morgan fingerprint density at radius 3 is 1.85 bits per heavy atom. The first-order valence-corrected chi connectivity index (χ1v) is 25.5. The van der Waals surface area contributed by atoms with Crippen LogP contribution in [0.4, 0.5) is 0 Å². The van der Waals surface area contributed by atoms with Gasteiger partial charge in [-0.1, -0.05) is 148 Å². The van der Waals surface area contributed by atoms with Gasteiger partial charge in [0.15, 0.2) is 6.10 Å². The average Bonchev–Trinajstić information content (AvgIpc) is 3.28. The number of unbranched alkanes of at least 4 members (excludes halogenated alkanes) is 3. The number of hydrogen-bond donors (Lipinski definition) is 5. The molecule has 0 aromatic carbocycles. The van der Waals surface area contributed by atoms with Gasteiger partial charge >= 0.3 is 25.7 Å². The van der Waals surface area contributed by atoms with Crippen molar-refractivity contribution < 1.29 is 52.6 Å². The Kier molecular flexibility index (Phi) is 41.4.